The van der Waals surface area contributed by atoms with Gasteiger partial charge in [-0.25, -0.2) is 4.79 Å². The molecule has 2 N–H and O–H groups in total. The van der Waals surface area contributed by atoms with Gasteiger partial charge in [0, 0.05) is 12.8 Å². The lowest BCUT2D eigenvalue weighted by atomic mass is 9.96. The van der Waals surface area contributed by atoms with Crippen LogP contribution in [0.5, 0.6) is 0 Å². The molecular formula is C13H23NO4. The number of carboxylic acids is 1. The molecule has 1 unspecified atom stereocenters. The second-order valence-corrected chi connectivity index (χ2v) is 4.47. The smallest absolute Gasteiger partial charge is 0.326 e. The summed E-state index contributed by atoms with van der Waals surface area (Å²) in [5.74, 6) is -1.03. The van der Waals surface area contributed by atoms with E-state index >= 15 is 0 Å². The van der Waals surface area contributed by atoms with Gasteiger partial charge in [-0.2, -0.15) is 0 Å². The summed E-state index contributed by atoms with van der Waals surface area (Å²) in [4.78, 5) is 32.8. The first-order chi connectivity index (χ1) is 8.54. The zero-order chi connectivity index (χ0) is 14.0. The molecule has 0 heterocycles. The number of nitrogens with one attached hydrogen (secondary N) is 1. The molecule has 0 rings (SSSR count). The highest BCUT2D eigenvalue weighted by molar-refractivity contribution is 5.83. The third kappa shape index (κ3) is 7.04. The quantitative estimate of drug-likeness (QED) is 0.584. The fourth-order valence-corrected chi connectivity index (χ4v) is 1.87. The zero-order valence-corrected chi connectivity index (χ0v) is 11.1. The maximum atomic E-state index is 11.7. The molecule has 0 spiro atoms. The molecule has 5 heteroatoms. The number of hydrogen-bond acceptors (Lipinski definition) is 3. The van der Waals surface area contributed by atoms with E-state index in [1.807, 2.05) is 6.92 Å². The summed E-state index contributed by atoms with van der Waals surface area (Å²) in [5, 5.41) is 11.4. The Hall–Kier alpha value is -1.39. The van der Waals surface area contributed by atoms with Crippen LogP contribution >= 0.6 is 0 Å². The maximum Gasteiger partial charge on any atom is 0.326 e. The van der Waals surface area contributed by atoms with Crippen LogP contribution in [0.2, 0.25) is 0 Å². The topological polar surface area (TPSA) is 83.5 Å². The van der Waals surface area contributed by atoms with Crippen LogP contribution in [-0.2, 0) is 14.4 Å². The molecule has 0 saturated carbocycles. The van der Waals surface area contributed by atoms with Crippen molar-refractivity contribution in [3.05, 3.63) is 0 Å². The Morgan fingerprint density at radius 2 is 1.94 bits per heavy atom. The third-order valence-electron chi connectivity index (χ3n) is 2.95. The van der Waals surface area contributed by atoms with Crippen molar-refractivity contribution in [1.82, 2.24) is 5.32 Å². The first-order valence-corrected chi connectivity index (χ1v) is 6.50. The molecule has 0 aliphatic heterocycles. The lowest BCUT2D eigenvalue weighted by Gasteiger charge is -2.17. The molecule has 0 aromatic heterocycles. The lowest BCUT2D eigenvalue weighted by Crippen LogP contribution is -2.41. The fourth-order valence-electron chi connectivity index (χ4n) is 1.87. The summed E-state index contributed by atoms with van der Waals surface area (Å²) in [6, 6.07) is -0.957. The van der Waals surface area contributed by atoms with E-state index in [1.165, 1.54) is 0 Å². The summed E-state index contributed by atoms with van der Waals surface area (Å²) in [7, 11) is 0. The first-order valence-electron chi connectivity index (χ1n) is 6.50. The molecule has 18 heavy (non-hydrogen) atoms. The van der Waals surface area contributed by atoms with Crippen LogP contribution in [0, 0.1) is 5.92 Å². The number of aldehydes is 1. The number of carbonyl (C=O) groups is 3. The highest BCUT2D eigenvalue weighted by Crippen LogP contribution is 2.15. The van der Waals surface area contributed by atoms with Gasteiger partial charge in [-0.3, -0.25) is 4.79 Å². The van der Waals surface area contributed by atoms with Crippen LogP contribution in [0.25, 0.3) is 0 Å². The number of hydrogen-bond donors (Lipinski definition) is 2. The van der Waals surface area contributed by atoms with Gasteiger partial charge < -0.3 is 15.2 Å². The lowest BCUT2D eigenvalue weighted by molar-refractivity contribution is -0.142. The van der Waals surface area contributed by atoms with Crippen LogP contribution in [0.1, 0.15) is 52.4 Å². The molecule has 0 fully saturated rings. The van der Waals surface area contributed by atoms with Gasteiger partial charge in [0.15, 0.2) is 0 Å². The summed E-state index contributed by atoms with van der Waals surface area (Å²) >= 11 is 0. The molecule has 0 saturated heterocycles. The van der Waals surface area contributed by atoms with E-state index in [-0.39, 0.29) is 18.7 Å². The van der Waals surface area contributed by atoms with E-state index in [2.05, 4.69) is 12.2 Å². The van der Waals surface area contributed by atoms with Gasteiger partial charge in [0.05, 0.1) is 0 Å². The van der Waals surface area contributed by atoms with Crippen molar-refractivity contribution in [3.63, 3.8) is 0 Å². The average Bonchev–Trinajstić information content (AvgIpc) is 2.33. The number of carboxylic acid groups (broad SMARTS) is 1. The van der Waals surface area contributed by atoms with E-state index < -0.39 is 12.0 Å². The summed E-state index contributed by atoms with van der Waals surface area (Å²) in [5.41, 5.74) is 0. The van der Waals surface area contributed by atoms with Crippen molar-refractivity contribution in [3.8, 4) is 0 Å². The Morgan fingerprint density at radius 1 is 1.28 bits per heavy atom. The standard InChI is InChI=1S/C13H23NO4/c1-3-6-10(4-2)9-12(16)14-11(13(17)18)7-5-8-15/h8,10-11H,3-7,9H2,1-2H3,(H,14,16)(H,17,18)/t10?,11-/m1/s1. The molecular weight excluding hydrogens is 234 g/mol. The summed E-state index contributed by atoms with van der Waals surface area (Å²) in [6.07, 6.45) is 4.20. The van der Waals surface area contributed by atoms with Gasteiger partial charge in [0.25, 0.3) is 0 Å². The average molecular weight is 257 g/mol. The van der Waals surface area contributed by atoms with Gasteiger partial charge in [-0.1, -0.05) is 33.1 Å². The minimum Gasteiger partial charge on any atom is -0.480 e. The highest BCUT2D eigenvalue weighted by atomic mass is 16.4. The minimum atomic E-state index is -1.09. The van der Waals surface area contributed by atoms with Crippen LogP contribution in [0.15, 0.2) is 0 Å². The normalized spacial score (nSPS) is 13.7. The van der Waals surface area contributed by atoms with Crippen LogP contribution < -0.4 is 5.32 Å². The Balaban J connectivity index is 4.23. The van der Waals surface area contributed by atoms with Crippen molar-refractivity contribution in [2.45, 2.75) is 58.4 Å². The van der Waals surface area contributed by atoms with Crippen molar-refractivity contribution in [2.75, 3.05) is 0 Å². The SMILES string of the molecule is CCCC(CC)CC(=O)N[C@H](CCC=O)C(=O)O. The van der Waals surface area contributed by atoms with Crippen LogP contribution in [-0.4, -0.2) is 29.3 Å². The largest absolute Gasteiger partial charge is 0.480 e. The van der Waals surface area contributed by atoms with Gasteiger partial charge >= 0.3 is 5.97 Å². The Labute approximate surface area is 108 Å². The number of carbonyl (C=O) groups excluding carboxylic acids is 2. The molecule has 0 aromatic carbocycles. The number of rotatable bonds is 10. The highest BCUT2D eigenvalue weighted by Gasteiger charge is 2.20. The molecule has 2 atom stereocenters. The molecule has 0 radical (unpaired) electrons. The van der Waals surface area contributed by atoms with Gasteiger partial charge in [-0.05, 0) is 12.3 Å². The molecule has 0 aromatic rings. The fraction of sp³-hybridized carbons (Fsp3) is 0.769. The monoisotopic (exact) mass is 257 g/mol. The Bertz CT molecular complexity index is 278. The van der Waals surface area contributed by atoms with E-state index in [1.54, 1.807) is 0 Å². The Kier molecular flexibility index (Phi) is 8.88. The van der Waals surface area contributed by atoms with E-state index in [9.17, 15) is 14.4 Å². The van der Waals surface area contributed by atoms with Gasteiger partial charge in [0.1, 0.15) is 12.3 Å². The first kappa shape index (κ1) is 16.6. The minimum absolute atomic E-state index is 0.142. The van der Waals surface area contributed by atoms with E-state index in [0.717, 1.165) is 19.3 Å². The molecule has 0 aliphatic rings. The van der Waals surface area contributed by atoms with Crippen molar-refractivity contribution < 1.29 is 19.5 Å². The molecule has 0 bridgehead atoms. The van der Waals surface area contributed by atoms with Crippen molar-refractivity contribution >= 4 is 18.2 Å². The number of aliphatic carboxylic acids is 1. The second-order valence-electron chi connectivity index (χ2n) is 4.47. The number of amides is 1. The zero-order valence-electron chi connectivity index (χ0n) is 11.1. The van der Waals surface area contributed by atoms with Crippen LogP contribution in [0.4, 0.5) is 0 Å². The van der Waals surface area contributed by atoms with Crippen molar-refractivity contribution in [2.24, 2.45) is 5.92 Å². The van der Waals surface area contributed by atoms with Gasteiger partial charge in [0.2, 0.25) is 5.91 Å². The molecule has 104 valence electrons. The maximum absolute atomic E-state index is 11.7. The van der Waals surface area contributed by atoms with Crippen molar-refractivity contribution in [1.29, 1.82) is 0 Å². The second kappa shape index (κ2) is 9.62. The molecule has 5 nitrogen and oxygen atoms in total. The molecule has 1 amide bonds. The summed E-state index contributed by atoms with van der Waals surface area (Å²) < 4.78 is 0. The third-order valence-corrected chi connectivity index (χ3v) is 2.95. The predicted octanol–water partition coefficient (Wildman–Crippen LogP) is 1.75. The van der Waals surface area contributed by atoms with E-state index in [4.69, 9.17) is 5.11 Å². The summed E-state index contributed by atoms with van der Waals surface area (Å²) in [6.45, 7) is 4.08. The predicted molar refractivity (Wildman–Crippen MR) is 68.2 cm³/mol. The van der Waals surface area contributed by atoms with Gasteiger partial charge in [-0.15, -0.1) is 0 Å². The molecule has 0 aliphatic carbocycles. The van der Waals surface area contributed by atoms with E-state index in [0.29, 0.717) is 18.6 Å². The van der Waals surface area contributed by atoms with Crippen LogP contribution in [0.3, 0.4) is 0 Å². The Morgan fingerprint density at radius 3 is 2.39 bits per heavy atom.